The molecule has 0 unspecified atom stereocenters. The molecule has 2 N–H and O–H groups in total. The van der Waals surface area contributed by atoms with Crippen molar-refractivity contribution in [2.45, 2.75) is 37.8 Å². The number of hydrogen-bond donors (Lipinski definition) is 2. The van der Waals surface area contributed by atoms with Crippen molar-refractivity contribution in [3.63, 3.8) is 0 Å². The standard InChI is InChI=1S/C28H29Cl2N7O3S/c1-28(2,3)19-4-7-24(22(30)14-19)37-27(34-35-36-37)41-17-26(39)33-23-6-5-20(15-21(23)29)40-16-25(38)32-13-10-18-8-11-31-12-9-18/h4-9,11-12,14-15H,10,13,16-17H2,1-3H3,(H,32,38)(H,33,39). The van der Waals surface area contributed by atoms with Gasteiger partial charge in [0.2, 0.25) is 11.1 Å². The maximum atomic E-state index is 12.7. The zero-order valence-corrected chi connectivity index (χ0v) is 25.1. The summed E-state index contributed by atoms with van der Waals surface area (Å²) in [6.45, 7) is 6.64. The van der Waals surface area contributed by atoms with Crippen LogP contribution < -0.4 is 15.4 Å². The molecule has 0 fully saturated rings. The number of rotatable bonds is 11. The van der Waals surface area contributed by atoms with Crippen molar-refractivity contribution in [1.29, 1.82) is 0 Å². The molecule has 13 heteroatoms. The number of nitrogens with one attached hydrogen (secondary N) is 2. The van der Waals surface area contributed by atoms with E-state index in [1.807, 2.05) is 30.3 Å². The third-order valence-corrected chi connectivity index (χ3v) is 7.42. The normalized spacial score (nSPS) is 11.2. The molecular weight excluding hydrogens is 585 g/mol. The van der Waals surface area contributed by atoms with Gasteiger partial charge in [0.15, 0.2) is 6.61 Å². The van der Waals surface area contributed by atoms with E-state index < -0.39 is 0 Å². The van der Waals surface area contributed by atoms with E-state index in [4.69, 9.17) is 27.9 Å². The number of carbonyl (C=O) groups is 2. The topological polar surface area (TPSA) is 124 Å². The van der Waals surface area contributed by atoms with E-state index in [1.165, 1.54) is 4.68 Å². The minimum atomic E-state index is -0.303. The number of benzene rings is 2. The van der Waals surface area contributed by atoms with Crippen LogP contribution in [0, 0.1) is 0 Å². The molecule has 0 aliphatic carbocycles. The molecule has 0 spiro atoms. The fourth-order valence-electron chi connectivity index (χ4n) is 3.66. The number of tetrazole rings is 1. The summed E-state index contributed by atoms with van der Waals surface area (Å²) in [6, 6.07) is 14.3. The minimum Gasteiger partial charge on any atom is -0.484 e. The van der Waals surface area contributed by atoms with Gasteiger partial charge < -0.3 is 15.4 Å². The van der Waals surface area contributed by atoms with Gasteiger partial charge in [-0.1, -0.05) is 61.8 Å². The maximum absolute atomic E-state index is 12.7. The first-order valence-corrected chi connectivity index (χ1v) is 14.4. The van der Waals surface area contributed by atoms with E-state index in [-0.39, 0.29) is 34.6 Å². The maximum Gasteiger partial charge on any atom is 0.257 e. The third kappa shape index (κ3) is 8.66. The highest BCUT2D eigenvalue weighted by molar-refractivity contribution is 7.99. The van der Waals surface area contributed by atoms with Crippen LogP contribution in [0.15, 0.2) is 66.1 Å². The Morgan fingerprint density at radius 1 is 1.00 bits per heavy atom. The van der Waals surface area contributed by atoms with Gasteiger partial charge in [0.05, 0.1) is 27.2 Å². The molecule has 41 heavy (non-hydrogen) atoms. The van der Waals surface area contributed by atoms with Gasteiger partial charge in [-0.2, -0.15) is 4.68 Å². The van der Waals surface area contributed by atoms with Crippen LogP contribution in [0.4, 0.5) is 5.69 Å². The lowest BCUT2D eigenvalue weighted by molar-refractivity contribution is -0.123. The molecule has 0 radical (unpaired) electrons. The van der Waals surface area contributed by atoms with Gasteiger partial charge in [-0.25, -0.2) is 0 Å². The van der Waals surface area contributed by atoms with Gasteiger partial charge in [-0.05, 0) is 69.8 Å². The zero-order chi connectivity index (χ0) is 29.4. The summed E-state index contributed by atoms with van der Waals surface area (Å²) in [5, 5.41) is 18.6. The van der Waals surface area contributed by atoms with Crippen molar-refractivity contribution in [2.75, 3.05) is 24.2 Å². The van der Waals surface area contributed by atoms with Crippen molar-refractivity contribution in [1.82, 2.24) is 30.5 Å². The van der Waals surface area contributed by atoms with E-state index in [1.54, 1.807) is 30.6 Å². The Labute approximate surface area is 252 Å². The van der Waals surface area contributed by atoms with E-state index >= 15 is 0 Å². The SMILES string of the molecule is CC(C)(C)c1ccc(-n2nnnc2SCC(=O)Nc2ccc(OCC(=O)NCCc3ccncc3)cc2Cl)c(Cl)c1. The molecule has 4 aromatic rings. The van der Waals surface area contributed by atoms with Gasteiger partial charge in [0, 0.05) is 25.0 Å². The highest BCUT2D eigenvalue weighted by Gasteiger charge is 2.19. The predicted molar refractivity (Wildman–Crippen MR) is 160 cm³/mol. The van der Waals surface area contributed by atoms with Crippen molar-refractivity contribution in [3.8, 4) is 11.4 Å². The minimum absolute atomic E-state index is 0.0340. The second kappa shape index (κ2) is 13.8. The van der Waals surface area contributed by atoms with Gasteiger partial charge in [0.25, 0.3) is 5.91 Å². The smallest absolute Gasteiger partial charge is 0.257 e. The predicted octanol–water partition coefficient (Wildman–Crippen LogP) is 5.13. The first-order chi connectivity index (χ1) is 19.6. The lowest BCUT2D eigenvalue weighted by Gasteiger charge is -2.20. The van der Waals surface area contributed by atoms with Gasteiger partial charge in [-0.3, -0.25) is 14.6 Å². The summed E-state index contributed by atoms with van der Waals surface area (Å²) in [5.74, 6) is -0.117. The van der Waals surface area contributed by atoms with Gasteiger partial charge in [0.1, 0.15) is 5.75 Å². The molecule has 4 rings (SSSR count). The molecule has 2 amide bonds. The molecule has 2 aromatic heterocycles. The van der Waals surface area contributed by atoms with Crippen molar-refractivity contribution in [3.05, 3.63) is 82.1 Å². The molecule has 214 valence electrons. The van der Waals surface area contributed by atoms with Gasteiger partial charge >= 0.3 is 0 Å². The number of pyridine rings is 1. The number of hydrogen-bond acceptors (Lipinski definition) is 8. The van der Waals surface area contributed by atoms with Crippen LogP contribution in [0.5, 0.6) is 5.75 Å². The van der Waals surface area contributed by atoms with E-state index in [2.05, 4.69) is 51.9 Å². The van der Waals surface area contributed by atoms with Crippen LogP contribution in [-0.4, -0.2) is 55.9 Å². The molecule has 0 atom stereocenters. The van der Waals surface area contributed by atoms with Crippen LogP contribution in [0.1, 0.15) is 31.9 Å². The van der Waals surface area contributed by atoms with E-state index in [0.29, 0.717) is 40.3 Å². The first-order valence-electron chi connectivity index (χ1n) is 12.7. The highest BCUT2D eigenvalue weighted by atomic mass is 35.5. The number of amides is 2. The molecule has 0 bridgehead atoms. The molecule has 10 nitrogen and oxygen atoms in total. The van der Waals surface area contributed by atoms with Crippen LogP contribution in [-0.2, 0) is 21.4 Å². The lowest BCUT2D eigenvalue weighted by Crippen LogP contribution is -2.30. The van der Waals surface area contributed by atoms with Crippen LogP contribution in [0.3, 0.4) is 0 Å². The van der Waals surface area contributed by atoms with Crippen LogP contribution in [0.25, 0.3) is 5.69 Å². The number of carbonyl (C=O) groups excluding carboxylic acids is 2. The molecule has 0 saturated heterocycles. The first kappa shape index (κ1) is 30.3. The summed E-state index contributed by atoms with van der Waals surface area (Å²) in [7, 11) is 0. The zero-order valence-electron chi connectivity index (χ0n) is 22.7. The monoisotopic (exact) mass is 613 g/mol. The molecule has 2 heterocycles. The highest BCUT2D eigenvalue weighted by Crippen LogP contribution is 2.31. The number of nitrogens with zero attached hydrogens (tertiary/aromatic N) is 5. The Hall–Kier alpha value is -3.67. The second-order valence-corrected chi connectivity index (χ2v) is 11.8. The Bertz CT molecular complexity index is 1510. The Balaban J connectivity index is 1.26. The number of thioether (sulfide) groups is 1. The fraction of sp³-hybridized carbons (Fsp3) is 0.286. The average molecular weight is 615 g/mol. The summed E-state index contributed by atoms with van der Waals surface area (Å²) >= 11 is 14.0. The molecule has 0 saturated carbocycles. The third-order valence-electron chi connectivity index (χ3n) is 5.88. The average Bonchev–Trinajstić information content (AvgIpc) is 3.40. The van der Waals surface area contributed by atoms with Gasteiger partial charge in [-0.15, -0.1) is 5.10 Å². The van der Waals surface area contributed by atoms with Crippen LogP contribution >= 0.6 is 35.0 Å². The van der Waals surface area contributed by atoms with E-state index in [9.17, 15) is 9.59 Å². The molecule has 2 aromatic carbocycles. The van der Waals surface area contributed by atoms with Crippen molar-refractivity contribution in [2.24, 2.45) is 0 Å². The number of anilines is 1. The molecule has 0 aliphatic heterocycles. The Morgan fingerprint density at radius 3 is 2.49 bits per heavy atom. The summed E-state index contributed by atoms with van der Waals surface area (Å²) in [4.78, 5) is 28.7. The Morgan fingerprint density at radius 2 is 1.78 bits per heavy atom. The fourth-order valence-corrected chi connectivity index (χ4v) is 4.83. The summed E-state index contributed by atoms with van der Waals surface area (Å²) in [6.07, 6.45) is 4.12. The number of ether oxygens (including phenoxy) is 1. The Kier molecular flexibility index (Phi) is 10.2. The summed E-state index contributed by atoms with van der Waals surface area (Å²) < 4.78 is 7.04. The van der Waals surface area contributed by atoms with Crippen molar-refractivity contribution < 1.29 is 14.3 Å². The van der Waals surface area contributed by atoms with E-state index in [0.717, 1.165) is 22.9 Å². The van der Waals surface area contributed by atoms with Crippen LogP contribution in [0.2, 0.25) is 10.0 Å². The largest absolute Gasteiger partial charge is 0.484 e. The summed E-state index contributed by atoms with van der Waals surface area (Å²) in [5.41, 5.74) is 3.14. The van der Waals surface area contributed by atoms with Crippen molar-refractivity contribution >= 4 is 52.5 Å². The second-order valence-electron chi connectivity index (χ2n) is 10.0. The lowest BCUT2D eigenvalue weighted by atomic mass is 9.87. The molecule has 0 aliphatic rings. The quantitative estimate of drug-likeness (QED) is 0.223. The molecular formula is C28H29Cl2N7O3S. The number of halogens is 2. The number of aromatic nitrogens is 5.